The van der Waals surface area contributed by atoms with Crippen LogP contribution in [0.25, 0.3) is 0 Å². The molecular formula is C35H71NO4. The molecule has 240 valence electrons. The summed E-state index contributed by atoms with van der Waals surface area (Å²) in [5.74, 6) is -0.144. The highest BCUT2D eigenvalue weighted by molar-refractivity contribution is 5.76. The van der Waals surface area contributed by atoms with Crippen molar-refractivity contribution in [2.75, 3.05) is 6.61 Å². The van der Waals surface area contributed by atoms with E-state index in [2.05, 4.69) is 19.2 Å². The number of carbonyl (C=O) groups excluding carboxylic acids is 1. The predicted octanol–water partition coefficient (Wildman–Crippen LogP) is 9.15. The smallest absolute Gasteiger partial charge is 0.220 e. The number of hydrogen-bond acceptors (Lipinski definition) is 4. The molecule has 1 amide bonds. The Labute approximate surface area is 249 Å². The lowest BCUT2D eigenvalue weighted by Crippen LogP contribution is -2.50. The zero-order valence-electron chi connectivity index (χ0n) is 27.0. The number of carbonyl (C=O) groups is 1. The highest BCUT2D eigenvalue weighted by Crippen LogP contribution is 2.16. The van der Waals surface area contributed by atoms with Crippen molar-refractivity contribution in [3.63, 3.8) is 0 Å². The van der Waals surface area contributed by atoms with Gasteiger partial charge in [0.05, 0.1) is 18.8 Å². The second kappa shape index (κ2) is 31.3. The summed E-state index contributed by atoms with van der Waals surface area (Å²) in [6.45, 7) is 4.16. The van der Waals surface area contributed by atoms with Crippen LogP contribution in [0.1, 0.15) is 194 Å². The number of hydrogen-bond donors (Lipinski definition) is 4. The van der Waals surface area contributed by atoms with Crippen molar-refractivity contribution in [3.8, 4) is 0 Å². The summed E-state index contributed by atoms with van der Waals surface area (Å²) in [6, 6.07) is -0.799. The maximum atomic E-state index is 12.3. The van der Waals surface area contributed by atoms with Crippen molar-refractivity contribution < 1.29 is 20.1 Å². The van der Waals surface area contributed by atoms with Crippen LogP contribution in [-0.2, 0) is 4.79 Å². The van der Waals surface area contributed by atoms with E-state index in [1.165, 1.54) is 128 Å². The van der Waals surface area contributed by atoms with Gasteiger partial charge in [0.2, 0.25) is 5.91 Å². The molecule has 0 aliphatic carbocycles. The monoisotopic (exact) mass is 570 g/mol. The summed E-state index contributed by atoms with van der Waals surface area (Å²) in [6.07, 6.45) is 31.9. The zero-order chi connectivity index (χ0) is 29.5. The first kappa shape index (κ1) is 39.4. The molecular weight excluding hydrogens is 498 g/mol. The third kappa shape index (κ3) is 26.3. The number of amides is 1. The van der Waals surface area contributed by atoms with Crippen molar-refractivity contribution >= 4 is 5.91 Å². The summed E-state index contributed by atoms with van der Waals surface area (Å²) in [4.78, 5) is 12.3. The van der Waals surface area contributed by atoms with Gasteiger partial charge in [0.1, 0.15) is 6.10 Å². The van der Waals surface area contributed by atoms with Crippen LogP contribution in [0.3, 0.4) is 0 Å². The minimum absolute atomic E-state index is 0.144. The molecule has 0 saturated heterocycles. The molecule has 3 unspecified atom stereocenters. The first-order valence-corrected chi connectivity index (χ1v) is 17.8. The molecule has 0 heterocycles. The SMILES string of the molecule is CCCCCCCCCCCCCCCCCC(=O)NC(CO)C(O)C(O)CCCCCCCCCCCCC. The lowest BCUT2D eigenvalue weighted by molar-refractivity contribution is -0.124. The number of nitrogens with one attached hydrogen (secondary N) is 1. The van der Waals surface area contributed by atoms with Crippen LogP contribution in [0.5, 0.6) is 0 Å². The molecule has 5 heteroatoms. The summed E-state index contributed by atoms with van der Waals surface area (Å²) in [5.41, 5.74) is 0. The second-order valence-corrected chi connectivity index (χ2v) is 12.4. The lowest BCUT2D eigenvalue weighted by Gasteiger charge is -2.26. The van der Waals surface area contributed by atoms with E-state index in [4.69, 9.17) is 0 Å². The molecule has 3 atom stereocenters. The van der Waals surface area contributed by atoms with Crippen LogP contribution in [-0.4, -0.2) is 46.1 Å². The molecule has 0 fully saturated rings. The molecule has 0 aromatic rings. The van der Waals surface area contributed by atoms with Crippen molar-refractivity contribution in [1.29, 1.82) is 0 Å². The molecule has 0 bridgehead atoms. The van der Waals surface area contributed by atoms with Crippen LogP contribution in [0.15, 0.2) is 0 Å². The van der Waals surface area contributed by atoms with Gasteiger partial charge < -0.3 is 20.6 Å². The predicted molar refractivity (Wildman–Crippen MR) is 172 cm³/mol. The Kier molecular flexibility index (Phi) is 30.8. The van der Waals surface area contributed by atoms with Gasteiger partial charge in [-0.1, -0.05) is 174 Å². The largest absolute Gasteiger partial charge is 0.394 e. The summed E-state index contributed by atoms with van der Waals surface area (Å²) < 4.78 is 0. The first-order chi connectivity index (χ1) is 19.6. The van der Waals surface area contributed by atoms with E-state index in [0.29, 0.717) is 12.8 Å². The topological polar surface area (TPSA) is 89.8 Å². The van der Waals surface area contributed by atoms with Crippen molar-refractivity contribution in [2.45, 2.75) is 212 Å². The highest BCUT2D eigenvalue weighted by Gasteiger charge is 2.26. The normalized spacial score (nSPS) is 13.8. The van der Waals surface area contributed by atoms with Crippen LogP contribution >= 0.6 is 0 Å². The Hall–Kier alpha value is -0.650. The number of aliphatic hydroxyl groups is 3. The number of unbranched alkanes of at least 4 members (excludes halogenated alkanes) is 24. The molecule has 40 heavy (non-hydrogen) atoms. The van der Waals surface area contributed by atoms with Crippen LogP contribution in [0.2, 0.25) is 0 Å². The quantitative estimate of drug-likeness (QED) is 0.0608. The van der Waals surface area contributed by atoms with E-state index in [-0.39, 0.29) is 12.5 Å². The van der Waals surface area contributed by atoms with E-state index in [0.717, 1.165) is 38.5 Å². The summed E-state index contributed by atoms with van der Waals surface area (Å²) >= 11 is 0. The molecule has 0 aliphatic rings. The minimum Gasteiger partial charge on any atom is -0.394 e. The van der Waals surface area contributed by atoms with Gasteiger partial charge in [-0.2, -0.15) is 0 Å². The first-order valence-electron chi connectivity index (χ1n) is 17.8. The van der Waals surface area contributed by atoms with Gasteiger partial charge in [0.15, 0.2) is 0 Å². The number of aliphatic hydroxyl groups excluding tert-OH is 3. The molecule has 0 aromatic heterocycles. The standard InChI is InChI=1S/C35H71NO4/c1-3-5-7-9-11-13-15-16-17-18-20-22-24-26-28-30-34(39)36-32(31-37)35(40)33(38)29-27-25-23-21-19-14-12-10-8-6-4-2/h32-33,35,37-38,40H,3-31H2,1-2H3,(H,36,39). The van der Waals surface area contributed by atoms with E-state index in [1.54, 1.807) is 0 Å². The summed E-state index contributed by atoms with van der Waals surface area (Å²) in [7, 11) is 0. The fourth-order valence-corrected chi connectivity index (χ4v) is 5.63. The highest BCUT2D eigenvalue weighted by atomic mass is 16.3. The molecule has 0 rings (SSSR count). The van der Waals surface area contributed by atoms with Gasteiger partial charge in [-0.05, 0) is 12.8 Å². The van der Waals surface area contributed by atoms with Crippen LogP contribution in [0, 0.1) is 0 Å². The van der Waals surface area contributed by atoms with E-state index < -0.39 is 18.2 Å². The van der Waals surface area contributed by atoms with Crippen molar-refractivity contribution in [2.24, 2.45) is 0 Å². The Morgan fingerprint density at radius 3 is 1.20 bits per heavy atom. The molecule has 0 aliphatic heterocycles. The zero-order valence-corrected chi connectivity index (χ0v) is 27.0. The van der Waals surface area contributed by atoms with Gasteiger partial charge >= 0.3 is 0 Å². The molecule has 0 radical (unpaired) electrons. The van der Waals surface area contributed by atoms with E-state index >= 15 is 0 Å². The van der Waals surface area contributed by atoms with E-state index in [9.17, 15) is 20.1 Å². The van der Waals surface area contributed by atoms with Gasteiger partial charge in [-0.25, -0.2) is 0 Å². The average Bonchev–Trinajstić information content (AvgIpc) is 2.96. The Balaban J connectivity index is 3.66. The van der Waals surface area contributed by atoms with Gasteiger partial charge in [0.25, 0.3) is 0 Å². The molecule has 5 nitrogen and oxygen atoms in total. The van der Waals surface area contributed by atoms with Gasteiger partial charge in [-0.15, -0.1) is 0 Å². The van der Waals surface area contributed by atoms with Gasteiger partial charge in [-0.3, -0.25) is 4.79 Å². The third-order valence-corrected chi connectivity index (χ3v) is 8.46. The van der Waals surface area contributed by atoms with Crippen LogP contribution in [0.4, 0.5) is 0 Å². The molecule has 4 N–H and O–H groups in total. The fraction of sp³-hybridized carbons (Fsp3) is 0.971. The number of rotatable bonds is 32. The summed E-state index contributed by atoms with van der Waals surface area (Å²) in [5, 5.41) is 33.3. The molecule has 0 aromatic carbocycles. The third-order valence-electron chi connectivity index (χ3n) is 8.46. The maximum Gasteiger partial charge on any atom is 0.220 e. The Morgan fingerprint density at radius 2 is 0.850 bits per heavy atom. The molecule has 0 saturated carbocycles. The molecule has 0 spiro atoms. The van der Waals surface area contributed by atoms with Crippen molar-refractivity contribution in [3.05, 3.63) is 0 Å². The average molecular weight is 570 g/mol. The minimum atomic E-state index is -1.13. The van der Waals surface area contributed by atoms with Crippen LogP contribution < -0.4 is 5.32 Å². The Bertz CT molecular complexity index is 516. The Morgan fingerprint density at radius 1 is 0.525 bits per heavy atom. The van der Waals surface area contributed by atoms with E-state index in [1.807, 2.05) is 0 Å². The maximum absolute atomic E-state index is 12.3. The fourth-order valence-electron chi connectivity index (χ4n) is 5.63. The van der Waals surface area contributed by atoms with Crippen molar-refractivity contribution in [1.82, 2.24) is 5.32 Å². The second-order valence-electron chi connectivity index (χ2n) is 12.4. The lowest BCUT2D eigenvalue weighted by atomic mass is 9.99. The van der Waals surface area contributed by atoms with Gasteiger partial charge in [0, 0.05) is 6.42 Å².